The molecule has 2 aromatic rings. The van der Waals surface area contributed by atoms with Crippen LogP contribution in [-0.4, -0.2) is 22.5 Å². The van der Waals surface area contributed by atoms with Gasteiger partial charge in [0.05, 0.1) is 4.75 Å². The summed E-state index contributed by atoms with van der Waals surface area (Å²) in [5, 5.41) is 1.90. The van der Waals surface area contributed by atoms with Crippen LogP contribution < -0.4 is 0 Å². The van der Waals surface area contributed by atoms with Crippen molar-refractivity contribution in [1.29, 1.82) is 0 Å². The van der Waals surface area contributed by atoms with Crippen LogP contribution in [-0.2, 0) is 9.84 Å². The van der Waals surface area contributed by atoms with Crippen molar-refractivity contribution in [2.75, 3.05) is 0 Å². The molecule has 0 aliphatic carbocycles. The molecule has 0 saturated carbocycles. The summed E-state index contributed by atoms with van der Waals surface area (Å²) in [6, 6.07) is 0. The van der Waals surface area contributed by atoms with Gasteiger partial charge in [0.1, 0.15) is 0 Å². The highest BCUT2D eigenvalue weighted by atomic mass is 35.5. The van der Waals surface area contributed by atoms with E-state index >= 15 is 0 Å². The Morgan fingerprint density at radius 3 is 2.62 bits per heavy atom. The highest BCUT2D eigenvalue weighted by molar-refractivity contribution is 7.92. The first kappa shape index (κ1) is 11.9. The van der Waals surface area contributed by atoms with E-state index in [1.165, 1.54) is 15.7 Å². The van der Waals surface area contributed by atoms with E-state index in [2.05, 4.69) is 4.98 Å². The maximum atomic E-state index is 12.3. The lowest BCUT2D eigenvalue weighted by atomic mass is 10.3. The van der Waals surface area contributed by atoms with Gasteiger partial charge in [-0.2, -0.15) is 0 Å². The van der Waals surface area contributed by atoms with Gasteiger partial charge in [-0.15, -0.1) is 11.3 Å². The van der Waals surface area contributed by atoms with Crippen LogP contribution in [0, 0.1) is 0 Å². The van der Waals surface area contributed by atoms with E-state index in [1.807, 2.05) is 0 Å². The number of fused-ring (bicyclic) bond motifs is 1. The quantitative estimate of drug-likeness (QED) is 0.806. The normalized spacial score (nSPS) is 13.5. The number of halogens is 1. The summed E-state index contributed by atoms with van der Waals surface area (Å²) >= 11 is 7.25. The van der Waals surface area contributed by atoms with E-state index in [-0.39, 0.29) is 10.2 Å². The number of nitrogens with zero attached hydrogens (tertiary/aromatic N) is 2. The molecule has 0 unspecified atom stereocenters. The summed E-state index contributed by atoms with van der Waals surface area (Å²) in [5.74, 6) is 0. The lowest BCUT2D eigenvalue weighted by Gasteiger charge is -2.18. The minimum absolute atomic E-state index is 0.0433. The summed E-state index contributed by atoms with van der Waals surface area (Å²) in [6.45, 7) is 4.93. The van der Waals surface area contributed by atoms with Gasteiger partial charge in [-0.05, 0) is 20.8 Å². The molecule has 0 aliphatic rings. The van der Waals surface area contributed by atoms with Crippen LogP contribution in [0.15, 0.2) is 16.6 Å². The molecule has 4 nitrogen and oxygen atoms in total. The number of sulfone groups is 1. The maximum absolute atomic E-state index is 12.3. The Morgan fingerprint density at radius 2 is 2.06 bits per heavy atom. The van der Waals surface area contributed by atoms with E-state index in [0.717, 1.165) is 0 Å². The minimum atomic E-state index is -3.49. The molecule has 88 valence electrons. The van der Waals surface area contributed by atoms with Gasteiger partial charge in [-0.3, -0.25) is 4.40 Å². The van der Waals surface area contributed by atoms with Crippen LogP contribution >= 0.6 is 22.9 Å². The molecular formula is C9H11ClN2O2S2. The molecule has 16 heavy (non-hydrogen) atoms. The number of hydrogen-bond acceptors (Lipinski definition) is 4. The predicted molar refractivity (Wildman–Crippen MR) is 65.0 cm³/mol. The lowest BCUT2D eigenvalue weighted by Crippen LogP contribution is -2.29. The van der Waals surface area contributed by atoms with Crippen molar-refractivity contribution in [3.8, 4) is 0 Å². The average Bonchev–Trinajstić information content (AvgIpc) is 2.59. The van der Waals surface area contributed by atoms with Gasteiger partial charge in [0.2, 0.25) is 9.84 Å². The SMILES string of the molecule is CC(C)(C)S(=O)(=O)c1c(Cl)nc2sccn12. The molecule has 0 spiro atoms. The van der Waals surface area contributed by atoms with Gasteiger partial charge < -0.3 is 0 Å². The summed E-state index contributed by atoms with van der Waals surface area (Å²) in [5.41, 5.74) is 0. The average molecular weight is 279 g/mol. The van der Waals surface area contributed by atoms with Crippen LogP contribution in [0.25, 0.3) is 4.96 Å². The van der Waals surface area contributed by atoms with Crippen LogP contribution in [0.2, 0.25) is 5.15 Å². The fourth-order valence-corrected chi connectivity index (χ4v) is 3.82. The Bertz CT molecular complexity index is 634. The van der Waals surface area contributed by atoms with Crippen molar-refractivity contribution < 1.29 is 8.42 Å². The third-order valence-electron chi connectivity index (χ3n) is 2.24. The minimum Gasteiger partial charge on any atom is -0.280 e. The highest BCUT2D eigenvalue weighted by Crippen LogP contribution is 2.32. The topological polar surface area (TPSA) is 51.4 Å². The molecule has 0 atom stereocenters. The summed E-state index contributed by atoms with van der Waals surface area (Å²) < 4.78 is 25.2. The Labute approximate surface area is 103 Å². The second-order valence-corrected chi connectivity index (χ2v) is 8.23. The molecule has 0 radical (unpaired) electrons. The van der Waals surface area contributed by atoms with Crippen molar-refractivity contribution in [1.82, 2.24) is 9.38 Å². The number of thiazole rings is 1. The van der Waals surface area contributed by atoms with Gasteiger partial charge in [0.25, 0.3) is 0 Å². The zero-order chi connectivity index (χ0) is 12.1. The zero-order valence-electron chi connectivity index (χ0n) is 9.06. The third-order valence-corrected chi connectivity index (χ3v) is 5.88. The lowest BCUT2D eigenvalue weighted by molar-refractivity contribution is 0.555. The fourth-order valence-electron chi connectivity index (χ4n) is 1.27. The highest BCUT2D eigenvalue weighted by Gasteiger charge is 2.36. The molecule has 2 aromatic heterocycles. The number of hydrogen-bond donors (Lipinski definition) is 0. The smallest absolute Gasteiger partial charge is 0.202 e. The molecule has 0 aromatic carbocycles. The first-order chi connectivity index (χ1) is 7.25. The summed E-state index contributed by atoms with van der Waals surface area (Å²) in [6.07, 6.45) is 1.66. The predicted octanol–water partition coefficient (Wildman–Crippen LogP) is 2.62. The fraction of sp³-hybridized carbons (Fsp3) is 0.444. The Balaban J connectivity index is 2.82. The van der Waals surface area contributed by atoms with Crippen molar-refractivity contribution in [2.24, 2.45) is 0 Å². The second-order valence-electron chi connectivity index (χ2n) is 4.38. The van der Waals surface area contributed by atoms with E-state index in [1.54, 1.807) is 32.3 Å². The standard InChI is InChI=1S/C9H11ClN2O2S2/c1-9(2,3)16(13,14)7-6(10)11-8-12(7)4-5-15-8/h4-5H,1-3H3. The Morgan fingerprint density at radius 1 is 1.44 bits per heavy atom. The van der Waals surface area contributed by atoms with Crippen LogP contribution in [0.3, 0.4) is 0 Å². The number of rotatable bonds is 1. The Kier molecular flexibility index (Phi) is 2.56. The van der Waals surface area contributed by atoms with Crippen molar-refractivity contribution in [2.45, 2.75) is 30.5 Å². The van der Waals surface area contributed by atoms with Crippen molar-refractivity contribution >= 4 is 37.7 Å². The summed E-state index contributed by atoms with van der Waals surface area (Å²) in [4.78, 5) is 4.61. The first-order valence-electron chi connectivity index (χ1n) is 4.61. The van der Waals surface area contributed by atoms with Crippen molar-refractivity contribution in [3.05, 3.63) is 16.7 Å². The van der Waals surface area contributed by atoms with E-state index in [9.17, 15) is 8.42 Å². The molecule has 0 bridgehead atoms. The molecule has 0 N–H and O–H groups in total. The molecule has 2 heterocycles. The molecule has 0 aliphatic heterocycles. The maximum Gasteiger partial charge on any atom is 0.202 e. The Hall–Kier alpha value is -0.590. The van der Waals surface area contributed by atoms with Crippen LogP contribution in [0.1, 0.15) is 20.8 Å². The monoisotopic (exact) mass is 278 g/mol. The molecule has 0 fully saturated rings. The molecular weight excluding hydrogens is 268 g/mol. The molecule has 0 amide bonds. The number of aromatic nitrogens is 2. The summed E-state index contributed by atoms with van der Waals surface area (Å²) in [7, 11) is -3.49. The molecule has 0 saturated heterocycles. The largest absolute Gasteiger partial charge is 0.280 e. The van der Waals surface area contributed by atoms with Gasteiger partial charge in [0.15, 0.2) is 15.1 Å². The zero-order valence-corrected chi connectivity index (χ0v) is 11.4. The van der Waals surface area contributed by atoms with Gasteiger partial charge >= 0.3 is 0 Å². The van der Waals surface area contributed by atoms with E-state index in [0.29, 0.717) is 4.96 Å². The molecule has 7 heteroatoms. The molecule has 2 rings (SSSR count). The number of imidazole rings is 1. The second kappa shape index (κ2) is 3.45. The third kappa shape index (κ3) is 1.56. The first-order valence-corrected chi connectivity index (χ1v) is 7.35. The van der Waals surface area contributed by atoms with Gasteiger partial charge in [0, 0.05) is 11.6 Å². The van der Waals surface area contributed by atoms with E-state index in [4.69, 9.17) is 11.6 Å². The van der Waals surface area contributed by atoms with Gasteiger partial charge in [-0.1, -0.05) is 11.6 Å². The van der Waals surface area contributed by atoms with Crippen LogP contribution in [0.4, 0.5) is 0 Å². The van der Waals surface area contributed by atoms with E-state index < -0.39 is 14.6 Å². The van der Waals surface area contributed by atoms with Crippen molar-refractivity contribution in [3.63, 3.8) is 0 Å². The van der Waals surface area contributed by atoms with Gasteiger partial charge in [-0.25, -0.2) is 13.4 Å². The van der Waals surface area contributed by atoms with Crippen LogP contribution in [0.5, 0.6) is 0 Å².